The summed E-state index contributed by atoms with van der Waals surface area (Å²) in [6.45, 7) is 2.78. The molecule has 3 rings (SSSR count). The maximum Gasteiger partial charge on any atom is 0.274 e. The second-order valence-electron chi connectivity index (χ2n) is 6.38. The quantitative estimate of drug-likeness (QED) is 0.704. The first-order valence-corrected chi connectivity index (χ1v) is 11.1. The predicted molar refractivity (Wildman–Crippen MR) is 117 cm³/mol. The van der Waals surface area contributed by atoms with Gasteiger partial charge in [-0.05, 0) is 37.3 Å². The van der Waals surface area contributed by atoms with Gasteiger partial charge in [0.2, 0.25) is 16.0 Å². The topological polar surface area (TPSA) is 127 Å². The summed E-state index contributed by atoms with van der Waals surface area (Å²) in [4.78, 5) is 20.2. The van der Waals surface area contributed by atoms with Crippen molar-refractivity contribution in [1.82, 2.24) is 9.29 Å². The Morgan fingerprint density at radius 3 is 2.61 bits per heavy atom. The summed E-state index contributed by atoms with van der Waals surface area (Å²) in [7, 11) is -0.752. The lowest BCUT2D eigenvalue weighted by atomic mass is 10.1. The van der Waals surface area contributed by atoms with Crippen LogP contribution in [0.15, 0.2) is 41.5 Å². The number of anilines is 1. The van der Waals surface area contributed by atoms with E-state index in [0.717, 1.165) is 17.0 Å². The summed E-state index contributed by atoms with van der Waals surface area (Å²) in [5.74, 6) is -1.84. The van der Waals surface area contributed by atoms with Crippen molar-refractivity contribution < 1.29 is 22.3 Å². The van der Waals surface area contributed by atoms with Crippen molar-refractivity contribution in [2.45, 2.75) is 13.0 Å². The fourth-order valence-electron chi connectivity index (χ4n) is 2.47. The van der Waals surface area contributed by atoms with Crippen molar-refractivity contribution in [3.8, 4) is 0 Å². The molecule has 1 aromatic heterocycles. The van der Waals surface area contributed by atoms with Gasteiger partial charge in [0.05, 0.1) is 16.8 Å². The molecule has 0 aliphatic carbocycles. The van der Waals surface area contributed by atoms with Gasteiger partial charge >= 0.3 is 0 Å². The number of aliphatic imine (C=N–C) groups is 1. The number of amides is 1. The molecule has 0 saturated heterocycles. The lowest BCUT2D eigenvalue weighted by Crippen LogP contribution is -2.45. The summed E-state index contributed by atoms with van der Waals surface area (Å²) in [5, 5.41) is 2.96. The van der Waals surface area contributed by atoms with E-state index in [0.29, 0.717) is 5.02 Å². The number of sulfonamides is 1. The molecule has 1 unspecified atom stereocenters. The van der Waals surface area contributed by atoms with E-state index in [2.05, 4.69) is 20.0 Å². The molecule has 0 spiro atoms. The minimum atomic E-state index is -3.71. The van der Waals surface area contributed by atoms with E-state index >= 15 is 0 Å². The Labute approximate surface area is 185 Å². The van der Waals surface area contributed by atoms with Gasteiger partial charge < -0.3 is 15.8 Å². The summed E-state index contributed by atoms with van der Waals surface area (Å²) < 4.78 is 43.9. The Hall–Kier alpha value is -2.76. The lowest BCUT2D eigenvalue weighted by molar-refractivity contribution is 0.102. The van der Waals surface area contributed by atoms with Crippen LogP contribution in [0.1, 0.15) is 29.0 Å². The van der Waals surface area contributed by atoms with Crippen LogP contribution in [0.5, 0.6) is 0 Å². The molecule has 2 aromatic rings. The average Bonchev–Trinajstić information content (AvgIpc) is 2.73. The number of rotatable bonds is 4. The van der Waals surface area contributed by atoms with Gasteiger partial charge in [-0.15, -0.1) is 0 Å². The molecule has 1 aliphatic heterocycles. The van der Waals surface area contributed by atoms with E-state index in [-0.39, 0.29) is 22.9 Å². The van der Waals surface area contributed by atoms with Crippen molar-refractivity contribution in [1.29, 1.82) is 0 Å². The molecule has 3 N–H and O–H groups in total. The fraction of sp³-hybridized carbons (Fsp3) is 0.316. The third-order valence-electron chi connectivity index (χ3n) is 4.26. The number of nitrogens with two attached hydrogens (primary N) is 1. The van der Waals surface area contributed by atoms with Crippen molar-refractivity contribution in [2.24, 2.45) is 10.7 Å². The standard InChI is InChI=1S/C16H15ClFN5O3S.C3H8O/c1-23-16(19)22-14(8-27(23,25)26)11-6-10(3-4-12(11)18)21-15(24)13-5-2-9(17)7-20-13;1-3-4-2/h2-7,14H,8H2,1H3,(H2,19,22)(H,21,24);3H2,1-2H3. The zero-order valence-electron chi connectivity index (χ0n) is 17.2. The van der Waals surface area contributed by atoms with Crippen molar-refractivity contribution in [3.63, 3.8) is 0 Å². The molecule has 9 nitrogen and oxygen atoms in total. The molecule has 168 valence electrons. The van der Waals surface area contributed by atoms with Crippen molar-refractivity contribution in [2.75, 3.05) is 31.8 Å². The molecule has 31 heavy (non-hydrogen) atoms. The van der Waals surface area contributed by atoms with Crippen molar-refractivity contribution >= 4 is 39.2 Å². The minimum absolute atomic E-state index is 0.0106. The molecular weight excluding hydrogens is 449 g/mol. The zero-order valence-corrected chi connectivity index (χ0v) is 18.7. The predicted octanol–water partition coefficient (Wildman–Crippen LogP) is 2.41. The first-order chi connectivity index (χ1) is 14.6. The number of aromatic nitrogens is 1. The highest BCUT2D eigenvalue weighted by molar-refractivity contribution is 7.89. The van der Waals surface area contributed by atoms with Crippen LogP contribution >= 0.6 is 11.6 Å². The van der Waals surface area contributed by atoms with Gasteiger partial charge in [0.1, 0.15) is 11.5 Å². The van der Waals surface area contributed by atoms with Crippen LogP contribution in [0.25, 0.3) is 0 Å². The number of ether oxygens (including phenoxy) is 1. The highest BCUT2D eigenvalue weighted by Crippen LogP contribution is 2.29. The second-order valence-corrected chi connectivity index (χ2v) is 8.86. The van der Waals surface area contributed by atoms with E-state index in [4.69, 9.17) is 17.3 Å². The number of nitrogens with one attached hydrogen (secondary N) is 1. The molecule has 0 saturated carbocycles. The normalized spacial score (nSPS) is 17.3. The molecule has 0 fully saturated rings. The summed E-state index contributed by atoms with van der Waals surface area (Å²) >= 11 is 5.73. The fourth-order valence-corrected chi connectivity index (χ4v) is 3.79. The Balaban J connectivity index is 0.000000785. The van der Waals surface area contributed by atoms with E-state index in [9.17, 15) is 17.6 Å². The second kappa shape index (κ2) is 10.5. The van der Waals surface area contributed by atoms with Gasteiger partial charge in [0.25, 0.3) is 5.91 Å². The third kappa shape index (κ3) is 6.36. The number of hydrogen-bond donors (Lipinski definition) is 2. The van der Waals surface area contributed by atoms with Crippen LogP contribution in [0.2, 0.25) is 5.02 Å². The summed E-state index contributed by atoms with van der Waals surface area (Å²) in [5.41, 5.74) is 6.02. The number of pyridine rings is 1. The molecule has 2 heterocycles. The molecular formula is C19H23ClFN5O4S. The number of hydrogen-bond acceptors (Lipinski definition) is 7. The van der Waals surface area contributed by atoms with Crippen LogP contribution < -0.4 is 11.1 Å². The molecule has 1 amide bonds. The van der Waals surface area contributed by atoms with Crippen LogP contribution in [0.3, 0.4) is 0 Å². The highest BCUT2D eigenvalue weighted by atomic mass is 35.5. The Morgan fingerprint density at radius 2 is 2.06 bits per heavy atom. The SMILES string of the molecule is CCOC.CN1C(N)=NC(c2cc(NC(=O)c3ccc(Cl)cn3)ccc2F)CS1(=O)=O. The maximum atomic E-state index is 14.3. The Morgan fingerprint density at radius 1 is 1.39 bits per heavy atom. The third-order valence-corrected chi connectivity index (χ3v) is 6.24. The van der Waals surface area contributed by atoms with Gasteiger partial charge in [-0.3, -0.25) is 4.79 Å². The number of carbonyl (C=O) groups is 1. The van der Waals surface area contributed by atoms with E-state index in [1.165, 1.54) is 37.5 Å². The molecule has 0 bridgehead atoms. The molecule has 1 atom stereocenters. The first-order valence-electron chi connectivity index (χ1n) is 9.10. The molecule has 12 heteroatoms. The minimum Gasteiger partial charge on any atom is -0.385 e. The van der Waals surface area contributed by atoms with E-state index in [1.807, 2.05) is 6.92 Å². The van der Waals surface area contributed by atoms with E-state index in [1.54, 1.807) is 7.11 Å². The monoisotopic (exact) mass is 471 g/mol. The Kier molecular flexibility index (Phi) is 8.31. The number of guanidine groups is 1. The lowest BCUT2D eigenvalue weighted by Gasteiger charge is -2.27. The zero-order chi connectivity index (χ0) is 23.2. The number of carbonyl (C=O) groups excluding carboxylic acids is 1. The van der Waals surface area contributed by atoms with Gasteiger partial charge in [0.15, 0.2) is 0 Å². The van der Waals surface area contributed by atoms with Crippen LogP contribution in [0, 0.1) is 5.82 Å². The number of benzene rings is 1. The molecule has 1 aromatic carbocycles. The van der Waals surface area contributed by atoms with Crippen LogP contribution in [0.4, 0.5) is 10.1 Å². The van der Waals surface area contributed by atoms with Crippen LogP contribution in [-0.4, -0.2) is 56.1 Å². The largest absolute Gasteiger partial charge is 0.385 e. The smallest absolute Gasteiger partial charge is 0.274 e. The van der Waals surface area contributed by atoms with Gasteiger partial charge in [-0.1, -0.05) is 11.6 Å². The summed E-state index contributed by atoms with van der Waals surface area (Å²) in [6.07, 6.45) is 1.33. The van der Waals surface area contributed by atoms with Crippen LogP contribution in [-0.2, 0) is 14.8 Å². The van der Waals surface area contributed by atoms with E-state index < -0.39 is 33.5 Å². The van der Waals surface area contributed by atoms with Gasteiger partial charge in [-0.2, -0.15) is 0 Å². The van der Waals surface area contributed by atoms with Gasteiger partial charge in [-0.25, -0.2) is 27.1 Å². The average molecular weight is 472 g/mol. The Bertz CT molecular complexity index is 1060. The maximum absolute atomic E-state index is 14.3. The molecule has 0 radical (unpaired) electrons. The molecule has 1 aliphatic rings. The van der Waals surface area contributed by atoms with Gasteiger partial charge in [0, 0.05) is 38.2 Å². The first kappa shape index (κ1) is 24.5. The van der Waals surface area contributed by atoms with Crippen molar-refractivity contribution in [3.05, 3.63) is 58.6 Å². The number of nitrogens with zero attached hydrogens (tertiary/aromatic N) is 3. The number of halogens is 2. The number of methoxy groups -OCH3 is 1. The summed E-state index contributed by atoms with van der Waals surface area (Å²) in [6, 6.07) is 5.74. The highest BCUT2D eigenvalue weighted by Gasteiger charge is 2.32.